The van der Waals surface area contributed by atoms with Gasteiger partial charge in [-0.1, -0.05) is 0 Å². The molecule has 1 rings (SSSR count). The lowest BCUT2D eigenvalue weighted by Gasteiger charge is -2.04. The summed E-state index contributed by atoms with van der Waals surface area (Å²) in [5.41, 5.74) is 1.40. The number of aromatic nitrogens is 1. The van der Waals surface area contributed by atoms with Gasteiger partial charge >= 0.3 is 0 Å². The van der Waals surface area contributed by atoms with E-state index in [4.69, 9.17) is 23.2 Å². The molecule has 1 aromatic heterocycles. The minimum absolute atomic E-state index is 0.210. The van der Waals surface area contributed by atoms with Gasteiger partial charge in [0, 0.05) is 11.4 Å². The second kappa shape index (κ2) is 4.07. The van der Waals surface area contributed by atoms with Crippen LogP contribution >= 0.6 is 23.2 Å². The van der Waals surface area contributed by atoms with Gasteiger partial charge < -0.3 is 0 Å². The van der Waals surface area contributed by atoms with Crippen molar-refractivity contribution in [2.75, 3.05) is 0 Å². The lowest BCUT2D eigenvalue weighted by molar-refractivity contribution is 0.107. The Bertz CT molecular complexity index is 380. The van der Waals surface area contributed by atoms with Crippen LogP contribution in [0.3, 0.4) is 0 Å². The maximum absolute atomic E-state index is 10.9. The molecular formula is C9H7Cl2NO2. The summed E-state index contributed by atoms with van der Waals surface area (Å²) in [6.45, 7) is 3.29. The maximum Gasteiger partial charge on any atom is 0.254 e. The fourth-order valence-corrected chi connectivity index (χ4v) is 1.51. The monoisotopic (exact) mass is 231 g/mol. The SMILES string of the molecule is Cc1nc(C)c(C(=O)Cl)cc1C(=O)Cl. The number of hydrogen-bond acceptors (Lipinski definition) is 3. The van der Waals surface area contributed by atoms with Crippen LogP contribution in [0.15, 0.2) is 6.07 Å². The van der Waals surface area contributed by atoms with Crippen LogP contribution in [-0.4, -0.2) is 15.5 Å². The molecule has 1 aromatic rings. The van der Waals surface area contributed by atoms with E-state index in [0.29, 0.717) is 11.4 Å². The van der Waals surface area contributed by atoms with Crippen molar-refractivity contribution in [3.63, 3.8) is 0 Å². The fraction of sp³-hybridized carbons (Fsp3) is 0.222. The number of halogens is 2. The molecule has 1 heterocycles. The summed E-state index contributed by atoms with van der Waals surface area (Å²) in [6, 6.07) is 1.36. The number of aryl methyl sites for hydroxylation is 2. The van der Waals surface area contributed by atoms with E-state index in [2.05, 4.69) is 4.98 Å². The highest BCUT2D eigenvalue weighted by molar-refractivity contribution is 6.69. The molecule has 0 atom stereocenters. The molecule has 0 N–H and O–H groups in total. The van der Waals surface area contributed by atoms with Gasteiger partial charge in [0.2, 0.25) is 0 Å². The fourth-order valence-electron chi connectivity index (χ4n) is 1.12. The molecule has 0 amide bonds. The number of nitrogens with zero attached hydrogens (tertiary/aromatic N) is 1. The molecule has 0 aliphatic carbocycles. The van der Waals surface area contributed by atoms with Gasteiger partial charge in [0.25, 0.3) is 10.5 Å². The Morgan fingerprint density at radius 1 is 1.07 bits per heavy atom. The van der Waals surface area contributed by atoms with Gasteiger partial charge in [0.1, 0.15) is 0 Å². The molecule has 0 fully saturated rings. The van der Waals surface area contributed by atoms with Crippen LogP contribution in [-0.2, 0) is 0 Å². The summed E-state index contributed by atoms with van der Waals surface area (Å²) in [7, 11) is 0. The molecule has 0 unspecified atom stereocenters. The molecule has 0 aliphatic rings. The van der Waals surface area contributed by atoms with Crippen molar-refractivity contribution in [2.24, 2.45) is 0 Å². The Labute approximate surface area is 91.0 Å². The van der Waals surface area contributed by atoms with Crippen molar-refractivity contribution in [1.29, 1.82) is 0 Å². The van der Waals surface area contributed by atoms with Gasteiger partial charge in [-0.3, -0.25) is 14.6 Å². The van der Waals surface area contributed by atoms with Crippen LogP contribution in [0.4, 0.5) is 0 Å². The predicted octanol–water partition coefficient (Wildman–Crippen LogP) is 2.46. The van der Waals surface area contributed by atoms with Crippen LogP contribution in [0.5, 0.6) is 0 Å². The minimum atomic E-state index is -0.644. The second-order valence-corrected chi connectivity index (χ2v) is 3.49. The van der Waals surface area contributed by atoms with Crippen LogP contribution in [0.25, 0.3) is 0 Å². The van der Waals surface area contributed by atoms with E-state index >= 15 is 0 Å². The minimum Gasteiger partial charge on any atom is -0.276 e. The zero-order valence-electron chi connectivity index (χ0n) is 7.60. The largest absolute Gasteiger partial charge is 0.276 e. The molecule has 0 saturated heterocycles. The third-order valence-electron chi connectivity index (χ3n) is 1.83. The zero-order chi connectivity index (χ0) is 10.9. The van der Waals surface area contributed by atoms with Crippen LogP contribution in [0.2, 0.25) is 0 Å². The van der Waals surface area contributed by atoms with Crippen molar-refractivity contribution < 1.29 is 9.59 Å². The first kappa shape index (κ1) is 11.1. The molecule has 3 nitrogen and oxygen atoms in total. The number of hydrogen-bond donors (Lipinski definition) is 0. The zero-order valence-corrected chi connectivity index (χ0v) is 9.11. The summed E-state index contributed by atoms with van der Waals surface area (Å²) in [5.74, 6) is 0. The molecule has 0 saturated carbocycles. The van der Waals surface area contributed by atoms with Crippen LogP contribution in [0.1, 0.15) is 32.1 Å². The van der Waals surface area contributed by atoms with Gasteiger partial charge in [-0.15, -0.1) is 0 Å². The lowest BCUT2D eigenvalue weighted by atomic mass is 10.1. The maximum atomic E-state index is 10.9. The molecular weight excluding hydrogens is 225 g/mol. The third-order valence-corrected chi connectivity index (χ3v) is 2.23. The first-order chi connectivity index (χ1) is 6.43. The lowest BCUT2D eigenvalue weighted by Crippen LogP contribution is -2.04. The smallest absolute Gasteiger partial charge is 0.254 e. The van der Waals surface area contributed by atoms with Gasteiger partial charge in [-0.2, -0.15) is 0 Å². The first-order valence-electron chi connectivity index (χ1n) is 3.81. The number of carbonyl (C=O) groups is 2. The third kappa shape index (κ3) is 2.11. The van der Waals surface area contributed by atoms with E-state index in [0.717, 1.165) is 0 Å². The van der Waals surface area contributed by atoms with E-state index in [-0.39, 0.29) is 11.1 Å². The quantitative estimate of drug-likeness (QED) is 0.735. The first-order valence-corrected chi connectivity index (χ1v) is 4.57. The van der Waals surface area contributed by atoms with E-state index in [9.17, 15) is 9.59 Å². The number of pyridine rings is 1. The molecule has 0 bridgehead atoms. The van der Waals surface area contributed by atoms with E-state index in [1.165, 1.54) is 6.07 Å². The average molecular weight is 232 g/mol. The normalized spacial score (nSPS) is 10.0. The standard InChI is InChI=1S/C9H7Cl2NO2/c1-4-6(8(10)13)3-7(9(11)14)5(2)12-4/h3H,1-2H3. The molecule has 0 radical (unpaired) electrons. The molecule has 0 aromatic carbocycles. The van der Waals surface area contributed by atoms with Gasteiger partial charge in [0.05, 0.1) is 11.1 Å². The van der Waals surface area contributed by atoms with Gasteiger partial charge in [-0.25, -0.2) is 0 Å². The predicted molar refractivity (Wildman–Crippen MR) is 54.1 cm³/mol. The van der Waals surface area contributed by atoms with Gasteiger partial charge in [0.15, 0.2) is 0 Å². The average Bonchev–Trinajstić information content (AvgIpc) is 2.02. The second-order valence-electron chi connectivity index (χ2n) is 2.80. The van der Waals surface area contributed by atoms with Crippen LogP contribution < -0.4 is 0 Å². The Balaban J connectivity index is 3.42. The Morgan fingerprint density at radius 3 is 1.71 bits per heavy atom. The summed E-state index contributed by atoms with van der Waals surface area (Å²) < 4.78 is 0. The summed E-state index contributed by atoms with van der Waals surface area (Å²) in [5, 5.41) is -1.29. The van der Waals surface area contributed by atoms with E-state index in [1.54, 1.807) is 13.8 Å². The summed E-state index contributed by atoms with van der Waals surface area (Å²) >= 11 is 10.6. The van der Waals surface area contributed by atoms with Crippen molar-refractivity contribution in [2.45, 2.75) is 13.8 Å². The highest BCUT2D eigenvalue weighted by Crippen LogP contribution is 2.16. The van der Waals surface area contributed by atoms with Crippen molar-refractivity contribution >= 4 is 33.7 Å². The Hall–Kier alpha value is -0.930. The van der Waals surface area contributed by atoms with Gasteiger partial charge in [-0.05, 0) is 43.1 Å². The van der Waals surface area contributed by atoms with E-state index < -0.39 is 10.5 Å². The highest BCUT2D eigenvalue weighted by Gasteiger charge is 2.14. The topological polar surface area (TPSA) is 47.0 Å². The highest BCUT2D eigenvalue weighted by atomic mass is 35.5. The van der Waals surface area contributed by atoms with Crippen molar-refractivity contribution in [3.8, 4) is 0 Å². The van der Waals surface area contributed by atoms with Crippen molar-refractivity contribution in [3.05, 3.63) is 28.6 Å². The van der Waals surface area contributed by atoms with E-state index in [1.807, 2.05) is 0 Å². The number of carbonyl (C=O) groups excluding carboxylic acids is 2. The van der Waals surface area contributed by atoms with Crippen molar-refractivity contribution in [1.82, 2.24) is 4.98 Å². The summed E-state index contributed by atoms with van der Waals surface area (Å²) in [4.78, 5) is 25.9. The molecule has 5 heteroatoms. The van der Waals surface area contributed by atoms with Crippen LogP contribution in [0, 0.1) is 13.8 Å². The molecule has 0 aliphatic heterocycles. The Kier molecular flexibility index (Phi) is 3.24. The summed E-state index contributed by atoms with van der Waals surface area (Å²) in [6.07, 6.45) is 0. The Morgan fingerprint density at radius 2 is 1.43 bits per heavy atom. The molecule has 0 spiro atoms. The number of rotatable bonds is 2. The molecule has 74 valence electrons. The molecule has 14 heavy (non-hydrogen) atoms.